The van der Waals surface area contributed by atoms with Gasteiger partial charge < -0.3 is 0 Å². The Bertz CT molecular complexity index is 3460. The van der Waals surface area contributed by atoms with Crippen LogP contribution in [0.3, 0.4) is 0 Å². The van der Waals surface area contributed by atoms with Crippen molar-refractivity contribution in [1.82, 2.24) is 19.9 Å². The number of benzene rings is 9. The van der Waals surface area contributed by atoms with E-state index in [1.807, 2.05) is 30.5 Å². The number of aromatic nitrogens is 4. The molecule has 0 aliphatic heterocycles. The molecule has 0 unspecified atom stereocenters. The highest BCUT2D eigenvalue weighted by Crippen LogP contribution is 2.48. The second-order valence-electron chi connectivity index (χ2n) is 15.0. The van der Waals surface area contributed by atoms with Gasteiger partial charge in [0, 0.05) is 33.8 Å². The molecule has 0 fully saturated rings. The van der Waals surface area contributed by atoms with Crippen LogP contribution in [-0.2, 0) is 0 Å². The number of fused-ring (bicyclic) bond motifs is 8. The second kappa shape index (κ2) is 12.9. The highest BCUT2D eigenvalue weighted by molar-refractivity contribution is 6.20. The van der Waals surface area contributed by atoms with Crippen LogP contribution < -0.4 is 0 Å². The highest BCUT2D eigenvalue weighted by atomic mass is 15.0. The molecule has 2 heterocycles. The van der Waals surface area contributed by atoms with Crippen molar-refractivity contribution in [3.8, 4) is 78.7 Å². The Kier molecular flexibility index (Phi) is 7.20. The predicted molar refractivity (Wildman–Crippen MR) is 239 cm³/mol. The van der Waals surface area contributed by atoms with Crippen LogP contribution in [0.1, 0.15) is 0 Å². The van der Waals surface area contributed by atoms with E-state index in [1.54, 1.807) is 0 Å². The lowest BCUT2D eigenvalue weighted by Crippen LogP contribution is -2.00. The van der Waals surface area contributed by atoms with E-state index in [-0.39, 0.29) is 0 Å². The van der Waals surface area contributed by atoms with Crippen molar-refractivity contribution in [2.45, 2.75) is 0 Å². The van der Waals surface area contributed by atoms with Gasteiger partial charge >= 0.3 is 0 Å². The van der Waals surface area contributed by atoms with E-state index in [4.69, 9.17) is 19.9 Å². The summed E-state index contributed by atoms with van der Waals surface area (Å²) in [6.45, 7) is 0. The van der Waals surface area contributed by atoms with Gasteiger partial charge in [0.25, 0.3) is 0 Å². The molecule has 58 heavy (non-hydrogen) atoms. The fourth-order valence-corrected chi connectivity index (χ4v) is 8.94. The molecule has 1 aliphatic rings. The Morgan fingerprint density at radius 1 is 0.276 bits per heavy atom. The van der Waals surface area contributed by atoms with Gasteiger partial charge in [0.1, 0.15) is 0 Å². The smallest absolute Gasteiger partial charge is 0.164 e. The van der Waals surface area contributed by atoms with Gasteiger partial charge in [-0.2, -0.15) is 0 Å². The molecule has 4 nitrogen and oxygen atoms in total. The Hall–Kier alpha value is -7.82. The maximum absolute atomic E-state index is 5.20. The summed E-state index contributed by atoms with van der Waals surface area (Å²) in [4.78, 5) is 20.3. The zero-order valence-corrected chi connectivity index (χ0v) is 31.3. The van der Waals surface area contributed by atoms with Crippen LogP contribution in [0.4, 0.5) is 0 Å². The number of pyridine rings is 1. The molecule has 268 valence electrons. The molecule has 0 radical (unpaired) electrons. The van der Waals surface area contributed by atoms with Gasteiger partial charge in [0.2, 0.25) is 0 Å². The van der Waals surface area contributed by atoms with Gasteiger partial charge in [-0.3, -0.25) is 4.98 Å². The Labute approximate surface area is 334 Å². The number of rotatable bonds is 5. The topological polar surface area (TPSA) is 51.6 Å². The Balaban J connectivity index is 0.992. The lowest BCUT2D eigenvalue weighted by atomic mass is 9.92. The minimum Gasteiger partial charge on any atom is -0.256 e. The molecule has 0 amide bonds. The van der Waals surface area contributed by atoms with Crippen LogP contribution in [0.5, 0.6) is 0 Å². The third-order valence-corrected chi connectivity index (χ3v) is 11.7. The number of nitrogens with zero attached hydrogens (tertiary/aromatic N) is 4. The fourth-order valence-electron chi connectivity index (χ4n) is 8.94. The van der Waals surface area contributed by atoms with E-state index < -0.39 is 0 Å². The minimum absolute atomic E-state index is 0.614. The van der Waals surface area contributed by atoms with Gasteiger partial charge in [-0.25, -0.2) is 15.0 Å². The summed E-state index contributed by atoms with van der Waals surface area (Å²) in [5, 5.41) is 8.58. The minimum atomic E-state index is 0.614. The second-order valence-corrected chi connectivity index (χ2v) is 15.0. The van der Waals surface area contributed by atoms with Crippen molar-refractivity contribution in [3.63, 3.8) is 0 Å². The standard InChI is InChI=1S/C54H32N4/c1-2-12-35(13-3-1)52-56-53(39-18-6-16-36(29-39)37-25-27-42-44-21-8-14-34-15-9-22-45(50(34)44)48(42)31-37)58-54(57-52)40-19-7-17-38(30-40)47-32-49-41-20-5-4-11-33(41)24-26-43(49)46-23-10-28-55-51(46)47/h1-32H. The lowest BCUT2D eigenvalue weighted by Gasteiger charge is -2.13. The van der Waals surface area contributed by atoms with E-state index in [1.165, 1.54) is 54.6 Å². The summed E-state index contributed by atoms with van der Waals surface area (Å²) in [6.07, 6.45) is 1.88. The van der Waals surface area contributed by atoms with Crippen LogP contribution in [0.15, 0.2) is 194 Å². The maximum atomic E-state index is 5.20. The first-order valence-electron chi connectivity index (χ1n) is 19.6. The van der Waals surface area contributed by atoms with Crippen LogP contribution >= 0.6 is 0 Å². The van der Waals surface area contributed by atoms with Crippen molar-refractivity contribution in [2.24, 2.45) is 0 Å². The summed E-state index contributed by atoms with van der Waals surface area (Å²) in [5.41, 5.74) is 13.3. The third-order valence-electron chi connectivity index (χ3n) is 11.7. The third kappa shape index (κ3) is 5.16. The number of hydrogen-bond donors (Lipinski definition) is 0. The molecular weight excluding hydrogens is 705 g/mol. The van der Waals surface area contributed by atoms with E-state index in [0.29, 0.717) is 17.5 Å². The van der Waals surface area contributed by atoms with Crippen molar-refractivity contribution in [2.75, 3.05) is 0 Å². The molecule has 1 aliphatic carbocycles. The normalized spacial score (nSPS) is 11.8. The molecule has 0 saturated heterocycles. The summed E-state index contributed by atoms with van der Waals surface area (Å²) in [6, 6.07) is 66.8. The van der Waals surface area contributed by atoms with Crippen LogP contribution in [-0.4, -0.2) is 19.9 Å². The average Bonchev–Trinajstić information content (AvgIpc) is 3.63. The predicted octanol–water partition coefficient (Wildman–Crippen LogP) is 13.9. The van der Waals surface area contributed by atoms with Crippen LogP contribution in [0.25, 0.3) is 122 Å². The highest BCUT2D eigenvalue weighted by Gasteiger charge is 2.22. The molecule has 11 aromatic rings. The molecule has 4 heteroatoms. The van der Waals surface area contributed by atoms with Gasteiger partial charge in [-0.15, -0.1) is 0 Å². The first kappa shape index (κ1) is 32.4. The van der Waals surface area contributed by atoms with Crippen molar-refractivity contribution in [1.29, 1.82) is 0 Å². The molecule has 0 saturated carbocycles. The van der Waals surface area contributed by atoms with E-state index in [0.717, 1.165) is 49.8 Å². The van der Waals surface area contributed by atoms with Crippen LogP contribution in [0.2, 0.25) is 0 Å². The van der Waals surface area contributed by atoms with Crippen LogP contribution in [0, 0.1) is 0 Å². The first-order chi connectivity index (χ1) is 28.7. The SMILES string of the molecule is c1ccc(-c2nc(-c3cccc(-c4ccc5c(c4)-c4cccc6cccc-5c46)c3)nc(-c3cccc(-c4cc5c6ccccc6ccc5c5cccnc45)c3)n2)cc1. The zero-order chi connectivity index (χ0) is 38.2. The van der Waals surface area contributed by atoms with Gasteiger partial charge in [0.15, 0.2) is 17.5 Å². The Morgan fingerprint density at radius 3 is 1.69 bits per heavy atom. The summed E-state index contributed by atoms with van der Waals surface area (Å²) in [7, 11) is 0. The molecule has 0 bridgehead atoms. The van der Waals surface area contributed by atoms with Crippen molar-refractivity contribution in [3.05, 3.63) is 194 Å². The summed E-state index contributed by atoms with van der Waals surface area (Å²) in [5.74, 6) is 1.87. The molecule has 0 atom stereocenters. The molecule has 0 spiro atoms. The molecule has 12 rings (SSSR count). The molecular formula is C54H32N4. The largest absolute Gasteiger partial charge is 0.256 e. The maximum Gasteiger partial charge on any atom is 0.164 e. The monoisotopic (exact) mass is 736 g/mol. The molecule has 2 aromatic heterocycles. The summed E-state index contributed by atoms with van der Waals surface area (Å²) < 4.78 is 0. The van der Waals surface area contributed by atoms with Gasteiger partial charge in [0.05, 0.1) is 5.52 Å². The quantitative estimate of drug-likeness (QED) is 0.165. The van der Waals surface area contributed by atoms with Crippen molar-refractivity contribution < 1.29 is 0 Å². The fraction of sp³-hybridized carbons (Fsp3) is 0. The van der Waals surface area contributed by atoms with Gasteiger partial charge in [-0.05, 0) is 102 Å². The van der Waals surface area contributed by atoms with E-state index >= 15 is 0 Å². The average molecular weight is 737 g/mol. The Morgan fingerprint density at radius 2 is 0.879 bits per heavy atom. The van der Waals surface area contributed by atoms with Gasteiger partial charge in [-0.1, -0.05) is 158 Å². The lowest BCUT2D eigenvalue weighted by molar-refractivity contribution is 1.07. The first-order valence-corrected chi connectivity index (χ1v) is 19.6. The van der Waals surface area contributed by atoms with E-state index in [9.17, 15) is 0 Å². The molecule has 9 aromatic carbocycles. The summed E-state index contributed by atoms with van der Waals surface area (Å²) >= 11 is 0. The number of hydrogen-bond acceptors (Lipinski definition) is 4. The van der Waals surface area contributed by atoms with E-state index in [2.05, 4.69) is 164 Å². The zero-order valence-electron chi connectivity index (χ0n) is 31.3. The molecule has 0 N–H and O–H groups in total. The van der Waals surface area contributed by atoms with Crippen molar-refractivity contribution >= 4 is 43.2 Å².